The van der Waals surface area contributed by atoms with E-state index in [0.29, 0.717) is 12.2 Å². The summed E-state index contributed by atoms with van der Waals surface area (Å²) in [4.78, 5) is 20.6. The van der Waals surface area contributed by atoms with E-state index in [1.807, 2.05) is 42.2 Å². The van der Waals surface area contributed by atoms with Crippen LogP contribution >= 0.6 is 24.2 Å². The highest BCUT2D eigenvalue weighted by Gasteiger charge is 2.41. The highest BCUT2D eigenvalue weighted by atomic mass is 35.5. The van der Waals surface area contributed by atoms with E-state index >= 15 is 0 Å². The summed E-state index contributed by atoms with van der Waals surface area (Å²) >= 11 is 1.94. The number of likely N-dealkylation sites (tertiary alicyclic amines) is 1. The molecule has 0 unspecified atom stereocenters. The Balaban J connectivity index is 0.00000121. The van der Waals surface area contributed by atoms with Crippen LogP contribution in [0.15, 0.2) is 53.6 Å². The molecule has 6 heteroatoms. The molecule has 0 bridgehead atoms. The molecule has 4 rings (SSSR count). The normalized spacial score (nSPS) is 18.5. The first-order valence-corrected chi connectivity index (χ1v) is 9.49. The SMILES string of the molecule is Cl.O.O=C1CC2(CCN(CCc3ccccn3)CC2)Sc2ccccc21. The molecule has 0 atom stereocenters. The number of benzene rings is 1. The third-order valence-corrected chi connectivity index (χ3v) is 6.74. The highest BCUT2D eigenvalue weighted by molar-refractivity contribution is 8.01. The van der Waals surface area contributed by atoms with Crippen LogP contribution in [0.2, 0.25) is 0 Å². The van der Waals surface area contributed by atoms with Crippen LogP contribution in [0.5, 0.6) is 0 Å². The molecule has 26 heavy (non-hydrogen) atoms. The van der Waals surface area contributed by atoms with Crippen molar-refractivity contribution in [2.24, 2.45) is 0 Å². The van der Waals surface area contributed by atoms with Crippen molar-refractivity contribution in [3.8, 4) is 0 Å². The first-order valence-electron chi connectivity index (χ1n) is 8.68. The summed E-state index contributed by atoms with van der Waals surface area (Å²) in [6, 6.07) is 14.2. The van der Waals surface area contributed by atoms with Gasteiger partial charge < -0.3 is 10.4 Å². The molecule has 2 aromatic rings. The molecule has 1 spiro atoms. The van der Waals surface area contributed by atoms with Gasteiger partial charge in [-0.1, -0.05) is 24.3 Å². The molecule has 0 aliphatic carbocycles. The summed E-state index contributed by atoms with van der Waals surface area (Å²) in [6.07, 6.45) is 5.76. The van der Waals surface area contributed by atoms with E-state index in [2.05, 4.69) is 28.1 Å². The number of rotatable bonds is 3. The number of hydrogen-bond donors (Lipinski definition) is 0. The number of Topliss-reactive ketones (excluding diaryl/α,β-unsaturated/α-hetero) is 1. The third-order valence-electron chi connectivity index (χ3n) is 5.17. The van der Waals surface area contributed by atoms with Crippen LogP contribution in [0.3, 0.4) is 0 Å². The number of piperidine rings is 1. The number of hydrogen-bond acceptors (Lipinski definition) is 4. The lowest BCUT2D eigenvalue weighted by Gasteiger charge is -2.43. The molecule has 1 saturated heterocycles. The molecule has 4 nitrogen and oxygen atoms in total. The van der Waals surface area contributed by atoms with Gasteiger partial charge in [-0.05, 0) is 44.1 Å². The van der Waals surface area contributed by atoms with Crippen LogP contribution < -0.4 is 0 Å². The number of ketones is 1. The van der Waals surface area contributed by atoms with Crippen LogP contribution in [0.4, 0.5) is 0 Å². The number of fused-ring (bicyclic) bond motifs is 1. The molecular weight excluding hydrogens is 368 g/mol. The van der Waals surface area contributed by atoms with Crippen molar-refractivity contribution in [3.63, 3.8) is 0 Å². The zero-order valence-corrected chi connectivity index (χ0v) is 16.3. The maximum absolute atomic E-state index is 12.5. The molecule has 2 aliphatic heterocycles. The van der Waals surface area contributed by atoms with Gasteiger partial charge in [0.2, 0.25) is 0 Å². The Bertz CT molecular complexity index is 734. The summed E-state index contributed by atoms with van der Waals surface area (Å²) in [7, 11) is 0. The minimum atomic E-state index is 0. The van der Waals surface area contributed by atoms with Gasteiger partial charge in [-0.25, -0.2) is 0 Å². The van der Waals surface area contributed by atoms with Crippen LogP contribution in [0, 0.1) is 0 Å². The van der Waals surface area contributed by atoms with E-state index in [4.69, 9.17) is 0 Å². The van der Waals surface area contributed by atoms with E-state index in [-0.39, 0.29) is 22.6 Å². The number of aromatic nitrogens is 1. The zero-order valence-electron chi connectivity index (χ0n) is 14.7. The monoisotopic (exact) mass is 392 g/mol. The lowest BCUT2D eigenvalue weighted by atomic mass is 9.88. The van der Waals surface area contributed by atoms with Crippen LogP contribution in [-0.2, 0) is 6.42 Å². The Morgan fingerprint density at radius 2 is 1.81 bits per heavy atom. The van der Waals surface area contributed by atoms with Gasteiger partial charge in [0.1, 0.15) is 0 Å². The molecule has 0 saturated carbocycles. The lowest BCUT2D eigenvalue weighted by molar-refractivity contribution is 0.0938. The summed E-state index contributed by atoms with van der Waals surface area (Å²) in [5, 5.41) is 0. The van der Waals surface area contributed by atoms with Crippen LogP contribution in [-0.4, -0.2) is 45.5 Å². The van der Waals surface area contributed by atoms with E-state index in [1.165, 1.54) is 4.90 Å². The molecule has 1 aromatic heterocycles. The number of pyridine rings is 1. The topological polar surface area (TPSA) is 64.7 Å². The average molecular weight is 393 g/mol. The van der Waals surface area contributed by atoms with Gasteiger partial charge in [-0.3, -0.25) is 9.78 Å². The summed E-state index contributed by atoms with van der Waals surface area (Å²) < 4.78 is 0.118. The Hall–Kier alpha value is -1.40. The van der Waals surface area contributed by atoms with Gasteiger partial charge in [0, 0.05) is 46.5 Å². The largest absolute Gasteiger partial charge is 0.412 e. The first-order chi connectivity index (χ1) is 11.7. The second kappa shape index (κ2) is 9.00. The van der Waals surface area contributed by atoms with E-state index in [9.17, 15) is 4.79 Å². The number of halogens is 1. The molecule has 0 amide bonds. The molecular formula is C20H25ClN2O2S. The Kier molecular flexibility index (Phi) is 7.24. The van der Waals surface area contributed by atoms with Gasteiger partial charge in [0.05, 0.1) is 0 Å². The highest BCUT2D eigenvalue weighted by Crippen LogP contribution is 2.48. The van der Waals surface area contributed by atoms with Crippen molar-refractivity contribution in [2.45, 2.75) is 35.3 Å². The molecule has 0 radical (unpaired) electrons. The zero-order chi connectivity index (χ0) is 16.4. The number of thioether (sulfide) groups is 1. The Labute approximate surface area is 165 Å². The van der Waals surface area contributed by atoms with Crippen molar-refractivity contribution in [2.75, 3.05) is 19.6 Å². The fourth-order valence-electron chi connectivity index (χ4n) is 3.72. The first kappa shape index (κ1) is 20.9. The van der Waals surface area contributed by atoms with Crippen molar-refractivity contribution >= 4 is 30.0 Å². The predicted molar refractivity (Wildman–Crippen MR) is 108 cm³/mol. The van der Waals surface area contributed by atoms with Crippen LogP contribution in [0.1, 0.15) is 35.3 Å². The summed E-state index contributed by atoms with van der Waals surface area (Å²) in [5.74, 6) is 0.325. The van der Waals surface area contributed by atoms with E-state index in [1.54, 1.807) is 0 Å². The second-order valence-corrected chi connectivity index (χ2v) is 8.30. The minimum Gasteiger partial charge on any atom is -0.412 e. The van der Waals surface area contributed by atoms with Crippen molar-refractivity contribution in [1.29, 1.82) is 0 Å². The number of carbonyl (C=O) groups excluding carboxylic acids is 1. The van der Waals surface area contributed by atoms with E-state index < -0.39 is 0 Å². The fraction of sp³-hybridized carbons (Fsp3) is 0.400. The Morgan fingerprint density at radius 1 is 1.08 bits per heavy atom. The Morgan fingerprint density at radius 3 is 2.54 bits per heavy atom. The van der Waals surface area contributed by atoms with Gasteiger partial charge >= 0.3 is 0 Å². The molecule has 1 aromatic carbocycles. The van der Waals surface area contributed by atoms with Crippen molar-refractivity contribution in [3.05, 3.63) is 59.9 Å². The molecule has 2 N–H and O–H groups in total. The quantitative estimate of drug-likeness (QED) is 0.802. The number of nitrogens with zero attached hydrogens (tertiary/aromatic N) is 2. The number of carbonyl (C=O) groups is 1. The van der Waals surface area contributed by atoms with Crippen molar-refractivity contribution in [1.82, 2.24) is 9.88 Å². The van der Waals surface area contributed by atoms with E-state index in [0.717, 1.165) is 50.2 Å². The van der Waals surface area contributed by atoms with Gasteiger partial charge in [0.25, 0.3) is 0 Å². The maximum Gasteiger partial charge on any atom is 0.165 e. The predicted octanol–water partition coefficient (Wildman–Crippen LogP) is 3.43. The van der Waals surface area contributed by atoms with Crippen molar-refractivity contribution < 1.29 is 10.3 Å². The van der Waals surface area contributed by atoms with Gasteiger partial charge in [-0.15, -0.1) is 24.2 Å². The maximum atomic E-state index is 12.5. The second-order valence-electron chi connectivity index (χ2n) is 6.79. The van der Waals surface area contributed by atoms with Crippen LogP contribution in [0.25, 0.3) is 0 Å². The smallest absolute Gasteiger partial charge is 0.165 e. The molecule has 140 valence electrons. The molecule has 1 fully saturated rings. The molecule has 2 aliphatic rings. The summed E-state index contributed by atoms with van der Waals surface area (Å²) in [5.41, 5.74) is 2.08. The third kappa shape index (κ3) is 4.46. The van der Waals surface area contributed by atoms with Gasteiger partial charge in [0.15, 0.2) is 5.78 Å². The summed E-state index contributed by atoms with van der Waals surface area (Å²) in [6.45, 7) is 3.22. The van der Waals surface area contributed by atoms with Gasteiger partial charge in [-0.2, -0.15) is 0 Å². The average Bonchev–Trinajstić information content (AvgIpc) is 2.62. The standard InChI is InChI=1S/C20H22N2OS.ClH.H2O/c23-18-15-20(24-19-7-2-1-6-17(18)19)9-13-22(14-10-20)12-8-16-5-3-4-11-21-16;;/h1-7,11H,8-10,12-15H2;1H;1H2. The lowest BCUT2D eigenvalue weighted by Crippen LogP contribution is -2.45. The fourth-order valence-corrected chi connectivity index (χ4v) is 5.22. The molecule has 3 heterocycles. The minimum absolute atomic E-state index is 0.